The first-order valence-electron chi connectivity index (χ1n) is 10.8. The maximum atomic E-state index is 13.3. The van der Waals surface area contributed by atoms with Crippen molar-refractivity contribution in [1.29, 1.82) is 0 Å². The van der Waals surface area contributed by atoms with Crippen LogP contribution >= 0.6 is 0 Å². The molecule has 10 nitrogen and oxygen atoms in total. The molecule has 0 unspecified atom stereocenters. The van der Waals surface area contributed by atoms with Gasteiger partial charge in [-0.3, -0.25) is 14.3 Å². The highest BCUT2D eigenvalue weighted by Gasteiger charge is 2.23. The molecule has 10 heteroatoms. The summed E-state index contributed by atoms with van der Waals surface area (Å²) in [5.74, 6) is 0.412. The first-order valence-corrected chi connectivity index (χ1v) is 10.8. The van der Waals surface area contributed by atoms with Gasteiger partial charge in [0.25, 0.3) is 5.91 Å². The Labute approximate surface area is 197 Å². The molecule has 3 heterocycles. The summed E-state index contributed by atoms with van der Waals surface area (Å²) < 4.78 is 1.69. The number of aromatic nitrogens is 6. The van der Waals surface area contributed by atoms with E-state index >= 15 is 0 Å². The van der Waals surface area contributed by atoms with E-state index in [1.807, 2.05) is 26.0 Å². The number of hydrogen-bond donors (Lipinski definition) is 2. The minimum atomic E-state index is -0.392. The number of rotatable bonds is 6. The summed E-state index contributed by atoms with van der Waals surface area (Å²) in [6.07, 6.45) is 7.21. The third-order valence-corrected chi connectivity index (χ3v) is 5.70. The number of nitrogens with one attached hydrogen (secondary N) is 2. The molecule has 0 saturated carbocycles. The lowest BCUT2D eigenvalue weighted by Crippen LogP contribution is -2.31. The second kappa shape index (κ2) is 9.34. The van der Waals surface area contributed by atoms with Gasteiger partial charge in [-0.1, -0.05) is 11.6 Å². The lowest BCUT2D eigenvalue weighted by Gasteiger charge is -2.17. The number of carbonyl (C=O) groups excluding carboxylic acids is 2. The molecule has 0 aliphatic heterocycles. The minimum Gasteiger partial charge on any atom is -0.357 e. The van der Waals surface area contributed by atoms with Gasteiger partial charge in [-0.25, -0.2) is 19.9 Å². The summed E-state index contributed by atoms with van der Waals surface area (Å²) in [6, 6.07) is 1.82. The fourth-order valence-corrected chi connectivity index (χ4v) is 3.87. The zero-order valence-corrected chi connectivity index (χ0v) is 19.8. The van der Waals surface area contributed by atoms with Crippen LogP contribution in [-0.2, 0) is 11.8 Å². The highest BCUT2D eigenvalue weighted by Crippen LogP contribution is 2.26. The van der Waals surface area contributed by atoms with Gasteiger partial charge in [-0.2, -0.15) is 5.10 Å². The van der Waals surface area contributed by atoms with Crippen LogP contribution in [-0.4, -0.2) is 55.0 Å². The molecule has 34 heavy (non-hydrogen) atoms. The Hall–Kier alpha value is -4.21. The average Bonchev–Trinajstić information content (AvgIpc) is 3.24. The molecule has 0 aromatic carbocycles. The second-order valence-corrected chi connectivity index (χ2v) is 8.19. The van der Waals surface area contributed by atoms with Crippen LogP contribution in [0.25, 0.3) is 22.8 Å². The van der Waals surface area contributed by atoms with E-state index in [-0.39, 0.29) is 18.0 Å². The molecular formula is C24H26N8O2. The monoisotopic (exact) mass is 458 g/mol. The van der Waals surface area contributed by atoms with E-state index in [1.165, 1.54) is 0 Å². The van der Waals surface area contributed by atoms with Crippen molar-refractivity contribution in [3.63, 3.8) is 0 Å². The first-order chi connectivity index (χ1) is 16.3. The summed E-state index contributed by atoms with van der Waals surface area (Å²) in [5, 5.41) is 9.96. The maximum Gasteiger partial charge on any atom is 0.270 e. The highest BCUT2D eigenvalue weighted by atomic mass is 16.2. The summed E-state index contributed by atoms with van der Waals surface area (Å²) >= 11 is 0. The SMILES string of the molecule is CNc1ncc(-c2nc(C(=O)NCC3=C(C)C=C(C)CC3=O)c(C)c(-c3ccnn3C)n2)cn1. The van der Waals surface area contributed by atoms with Crippen molar-refractivity contribution in [1.82, 2.24) is 35.0 Å². The highest BCUT2D eigenvalue weighted by molar-refractivity contribution is 6.01. The van der Waals surface area contributed by atoms with Crippen LogP contribution in [0.3, 0.4) is 0 Å². The molecular weight excluding hydrogens is 432 g/mol. The molecule has 0 saturated heterocycles. The van der Waals surface area contributed by atoms with Gasteiger partial charge in [-0.15, -0.1) is 0 Å². The molecule has 1 amide bonds. The number of amides is 1. The number of hydrogen-bond acceptors (Lipinski definition) is 8. The van der Waals surface area contributed by atoms with Crippen LogP contribution < -0.4 is 10.6 Å². The van der Waals surface area contributed by atoms with E-state index in [2.05, 4.69) is 30.7 Å². The number of allylic oxidation sites excluding steroid dienone is 3. The Morgan fingerprint density at radius 1 is 1.15 bits per heavy atom. The standard InChI is InChI=1S/C24H26N8O2/c1-13-8-14(2)17(19(33)9-13)12-26-23(34)21-15(3)20(18-6-7-29-32(18)5)30-22(31-21)16-10-27-24(25-4)28-11-16/h6-8,10-11H,9,12H2,1-5H3,(H,26,34)(H,25,27,28). The van der Waals surface area contributed by atoms with Crippen LogP contribution in [0.2, 0.25) is 0 Å². The van der Waals surface area contributed by atoms with Crippen molar-refractivity contribution < 1.29 is 9.59 Å². The molecule has 4 rings (SSSR count). The van der Waals surface area contributed by atoms with E-state index < -0.39 is 5.91 Å². The summed E-state index contributed by atoms with van der Waals surface area (Å²) in [5.41, 5.74) is 5.20. The minimum absolute atomic E-state index is 0.0234. The first kappa shape index (κ1) is 23.0. The number of carbonyl (C=O) groups is 2. The number of nitrogens with zero attached hydrogens (tertiary/aromatic N) is 6. The Balaban J connectivity index is 1.73. The zero-order valence-electron chi connectivity index (χ0n) is 19.8. The smallest absolute Gasteiger partial charge is 0.270 e. The fourth-order valence-electron chi connectivity index (χ4n) is 3.87. The molecule has 1 aliphatic rings. The lowest BCUT2D eigenvalue weighted by molar-refractivity contribution is -0.115. The van der Waals surface area contributed by atoms with Gasteiger partial charge in [0.1, 0.15) is 5.69 Å². The third kappa shape index (κ3) is 4.47. The quantitative estimate of drug-likeness (QED) is 0.577. The predicted molar refractivity (Wildman–Crippen MR) is 128 cm³/mol. The van der Waals surface area contributed by atoms with E-state index in [9.17, 15) is 9.59 Å². The Morgan fingerprint density at radius 3 is 2.50 bits per heavy atom. The van der Waals surface area contributed by atoms with Gasteiger partial charge in [0.2, 0.25) is 5.95 Å². The third-order valence-electron chi connectivity index (χ3n) is 5.70. The Bertz CT molecular complexity index is 1340. The lowest BCUT2D eigenvalue weighted by atomic mass is 9.92. The molecule has 0 fully saturated rings. The van der Waals surface area contributed by atoms with Crippen molar-refractivity contribution in [2.75, 3.05) is 18.9 Å². The molecule has 2 N–H and O–H groups in total. The maximum absolute atomic E-state index is 13.3. The van der Waals surface area contributed by atoms with Crippen LogP contribution in [0.5, 0.6) is 0 Å². The van der Waals surface area contributed by atoms with Crippen molar-refractivity contribution in [2.45, 2.75) is 27.2 Å². The summed E-state index contributed by atoms with van der Waals surface area (Å²) in [7, 11) is 3.53. The van der Waals surface area contributed by atoms with E-state index in [0.717, 1.165) is 16.8 Å². The molecule has 1 aliphatic carbocycles. The van der Waals surface area contributed by atoms with Gasteiger partial charge in [0.05, 0.1) is 17.0 Å². The van der Waals surface area contributed by atoms with E-state index in [1.54, 1.807) is 44.3 Å². The predicted octanol–water partition coefficient (Wildman–Crippen LogP) is 2.65. The molecule has 174 valence electrons. The fraction of sp³-hybridized carbons (Fsp3) is 0.292. The average molecular weight is 459 g/mol. The van der Waals surface area contributed by atoms with Gasteiger partial charge in [-0.05, 0) is 32.4 Å². The number of anilines is 1. The normalized spacial score (nSPS) is 13.7. The molecule has 3 aromatic heterocycles. The van der Waals surface area contributed by atoms with Crippen LogP contribution in [0.4, 0.5) is 5.95 Å². The number of ketones is 1. The van der Waals surface area contributed by atoms with Crippen LogP contribution in [0, 0.1) is 6.92 Å². The van der Waals surface area contributed by atoms with Crippen LogP contribution in [0.1, 0.15) is 36.3 Å². The van der Waals surface area contributed by atoms with Crippen molar-refractivity contribution >= 4 is 17.6 Å². The molecule has 0 radical (unpaired) electrons. The van der Waals surface area contributed by atoms with E-state index in [0.29, 0.717) is 40.6 Å². The molecule has 3 aromatic rings. The van der Waals surface area contributed by atoms with Gasteiger partial charge < -0.3 is 10.6 Å². The zero-order chi connectivity index (χ0) is 24.4. The summed E-state index contributed by atoms with van der Waals surface area (Å²) in [6.45, 7) is 5.73. The van der Waals surface area contributed by atoms with Crippen molar-refractivity contribution in [3.8, 4) is 22.8 Å². The number of Topliss-reactive ketones (excluding diaryl/α,β-unsaturated/α-hetero) is 1. The second-order valence-electron chi connectivity index (χ2n) is 8.19. The van der Waals surface area contributed by atoms with Crippen molar-refractivity contribution in [2.24, 2.45) is 7.05 Å². The number of aryl methyl sites for hydroxylation is 1. The molecule has 0 atom stereocenters. The molecule has 0 bridgehead atoms. The topological polar surface area (TPSA) is 128 Å². The van der Waals surface area contributed by atoms with Gasteiger partial charge in [0, 0.05) is 56.8 Å². The van der Waals surface area contributed by atoms with Crippen LogP contribution in [0.15, 0.2) is 47.5 Å². The molecule has 0 spiro atoms. The Morgan fingerprint density at radius 2 is 1.88 bits per heavy atom. The van der Waals surface area contributed by atoms with E-state index in [4.69, 9.17) is 4.98 Å². The largest absolute Gasteiger partial charge is 0.357 e. The van der Waals surface area contributed by atoms with Crippen molar-refractivity contribution in [3.05, 3.63) is 58.7 Å². The Kier molecular flexibility index (Phi) is 6.31. The summed E-state index contributed by atoms with van der Waals surface area (Å²) in [4.78, 5) is 43.4. The van der Waals surface area contributed by atoms with Gasteiger partial charge >= 0.3 is 0 Å². The van der Waals surface area contributed by atoms with Gasteiger partial charge in [0.15, 0.2) is 11.6 Å².